The van der Waals surface area contributed by atoms with Crippen molar-refractivity contribution in [2.45, 2.75) is 122 Å². The Hall–Kier alpha value is -3.32. The minimum atomic E-state index is -1.26. The highest BCUT2D eigenvalue weighted by atomic mass is 16.3. The number of nitrogens with zero attached hydrogens (tertiary/aromatic N) is 1. The number of H-pyrrole nitrogens is 1. The van der Waals surface area contributed by atoms with Crippen LogP contribution in [-0.4, -0.2) is 81.8 Å². The van der Waals surface area contributed by atoms with Crippen molar-refractivity contribution >= 4 is 29.9 Å². The fraction of sp³-hybridized carbons (Fsp3) is 0.733. The van der Waals surface area contributed by atoms with E-state index < -0.39 is 48.0 Å². The second-order valence-corrected chi connectivity index (χ2v) is 11.9. The maximum absolute atomic E-state index is 13.6. The molecule has 4 amide bonds. The van der Waals surface area contributed by atoms with Gasteiger partial charge in [0, 0.05) is 24.7 Å². The number of carbonyl (C=O) groups excluding carboxylic acids is 5. The molecule has 0 unspecified atom stereocenters. The van der Waals surface area contributed by atoms with Crippen LogP contribution in [0.5, 0.6) is 0 Å². The van der Waals surface area contributed by atoms with E-state index in [-0.39, 0.29) is 30.6 Å². The summed E-state index contributed by atoms with van der Waals surface area (Å²) in [6.07, 6.45) is 10.6. The zero-order valence-corrected chi connectivity index (χ0v) is 25.8. The van der Waals surface area contributed by atoms with Crippen LogP contribution < -0.4 is 27.0 Å². The Morgan fingerprint density at radius 2 is 1.67 bits per heavy atom. The highest BCUT2D eigenvalue weighted by molar-refractivity contribution is 5.95. The van der Waals surface area contributed by atoms with E-state index in [1.807, 2.05) is 0 Å². The molecule has 1 heterocycles. The zero-order valence-electron chi connectivity index (χ0n) is 25.8. The minimum Gasteiger partial charge on any atom is -0.391 e. The molecule has 1 aromatic heterocycles. The number of nitrogens with one attached hydrogen (secondary N) is 5. The lowest BCUT2D eigenvalue weighted by Gasteiger charge is -2.30. The van der Waals surface area contributed by atoms with Crippen molar-refractivity contribution in [3.05, 3.63) is 18.2 Å². The van der Waals surface area contributed by atoms with Gasteiger partial charge in [0.25, 0.3) is 0 Å². The van der Waals surface area contributed by atoms with Gasteiger partial charge in [-0.25, -0.2) is 4.98 Å². The van der Waals surface area contributed by atoms with E-state index >= 15 is 0 Å². The number of hydrogen-bond donors (Lipinski definition) is 7. The Bertz CT molecular complexity index is 1010. The largest absolute Gasteiger partial charge is 0.391 e. The van der Waals surface area contributed by atoms with Crippen LogP contribution in [0.4, 0.5) is 0 Å². The van der Waals surface area contributed by atoms with Gasteiger partial charge >= 0.3 is 0 Å². The standard InChI is InChI=1S/C30H51N7O6/c1-19(2)26(37-30(43)27(20(3)39)36-25(40)12-8-5-9-13-31)29(42)35-24(14-21-10-6-4-7-11-21)28(41)34-23(17-38)15-22-16-32-18-33-22/h16-21,23-24,26-27,39H,4-15,31H2,1-3H3,(H,32,33)(H,34,41)(H,35,42)(H,36,40)(H,37,43)/t20-,23+,24+,26+,27+/m1/s1. The molecule has 43 heavy (non-hydrogen) atoms. The first-order chi connectivity index (χ1) is 20.5. The van der Waals surface area contributed by atoms with E-state index in [0.29, 0.717) is 31.4 Å². The average molecular weight is 606 g/mol. The Morgan fingerprint density at radius 1 is 0.977 bits per heavy atom. The Kier molecular flexibility index (Phi) is 15.9. The zero-order chi connectivity index (χ0) is 31.8. The van der Waals surface area contributed by atoms with Gasteiger partial charge in [-0.15, -0.1) is 0 Å². The number of unbranched alkanes of at least 4 members (excludes halogenated alkanes) is 2. The summed E-state index contributed by atoms with van der Waals surface area (Å²) in [5, 5.41) is 21.1. The lowest BCUT2D eigenvalue weighted by molar-refractivity contribution is -0.136. The molecule has 0 aliphatic heterocycles. The van der Waals surface area contributed by atoms with Crippen molar-refractivity contribution in [2.24, 2.45) is 17.6 Å². The van der Waals surface area contributed by atoms with Crippen molar-refractivity contribution in [3.63, 3.8) is 0 Å². The Morgan fingerprint density at radius 3 is 2.26 bits per heavy atom. The number of hydrogen-bond acceptors (Lipinski definition) is 8. The average Bonchev–Trinajstić information content (AvgIpc) is 3.49. The van der Waals surface area contributed by atoms with Gasteiger partial charge in [-0.05, 0) is 44.6 Å². The summed E-state index contributed by atoms with van der Waals surface area (Å²) in [7, 11) is 0. The van der Waals surface area contributed by atoms with Crippen LogP contribution in [0.2, 0.25) is 0 Å². The van der Waals surface area contributed by atoms with Gasteiger partial charge in [0.1, 0.15) is 24.4 Å². The summed E-state index contributed by atoms with van der Waals surface area (Å²) in [6, 6.07) is -4.03. The number of aromatic nitrogens is 2. The summed E-state index contributed by atoms with van der Waals surface area (Å²) in [6.45, 7) is 5.42. The monoisotopic (exact) mass is 605 g/mol. The molecule has 2 rings (SSSR count). The van der Waals surface area contributed by atoms with Gasteiger partial charge in [0.15, 0.2) is 0 Å². The van der Waals surface area contributed by atoms with Crippen molar-refractivity contribution in [1.29, 1.82) is 0 Å². The normalized spacial score (nSPS) is 17.3. The van der Waals surface area contributed by atoms with Gasteiger partial charge in [-0.1, -0.05) is 52.4 Å². The number of aliphatic hydroxyl groups is 1. The molecule has 0 aromatic carbocycles. The summed E-state index contributed by atoms with van der Waals surface area (Å²) < 4.78 is 0. The minimum absolute atomic E-state index is 0.185. The van der Waals surface area contributed by atoms with Crippen LogP contribution in [0, 0.1) is 11.8 Å². The molecule has 1 saturated carbocycles. The van der Waals surface area contributed by atoms with Crippen LogP contribution >= 0.6 is 0 Å². The van der Waals surface area contributed by atoms with Crippen molar-refractivity contribution < 1.29 is 29.1 Å². The molecule has 13 nitrogen and oxygen atoms in total. The highest BCUT2D eigenvalue weighted by Gasteiger charge is 2.34. The van der Waals surface area contributed by atoms with Crippen LogP contribution in [0.15, 0.2) is 12.5 Å². The van der Waals surface area contributed by atoms with E-state index in [1.54, 1.807) is 20.0 Å². The highest BCUT2D eigenvalue weighted by Crippen LogP contribution is 2.27. The van der Waals surface area contributed by atoms with Gasteiger partial charge in [0.2, 0.25) is 23.6 Å². The van der Waals surface area contributed by atoms with Crippen molar-refractivity contribution in [3.8, 4) is 0 Å². The fourth-order valence-electron chi connectivity index (χ4n) is 5.33. The molecule has 242 valence electrons. The number of aldehydes is 1. The molecule has 0 spiro atoms. The SMILES string of the molecule is CC(C)[C@H](NC(=O)[C@@H](NC(=O)CCCCCN)[C@@H](C)O)C(=O)N[C@@H](CC1CCCCC1)C(=O)N[C@H](C=O)Cc1cnc[nH]1. The molecule has 1 aliphatic carbocycles. The fourth-order valence-corrected chi connectivity index (χ4v) is 5.33. The second-order valence-electron chi connectivity index (χ2n) is 11.9. The predicted octanol–water partition coefficient (Wildman–Crippen LogP) is 0.617. The molecular formula is C30H51N7O6. The third-order valence-electron chi connectivity index (χ3n) is 7.85. The molecule has 0 saturated heterocycles. The van der Waals surface area contributed by atoms with E-state index in [0.717, 1.165) is 44.9 Å². The van der Waals surface area contributed by atoms with Crippen LogP contribution in [0.25, 0.3) is 0 Å². The summed E-state index contributed by atoms with van der Waals surface area (Å²) in [5.41, 5.74) is 6.17. The number of aromatic amines is 1. The van der Waals surface area contributed by atoms with Gasteiger partial charge in [0.05, 0.1) is 18.5 Å². The third kappa shape index (κ3) is 12.8. The lowest BCUT2D eigenvalue weighted by atomic mass is 9.84. The molecule has 8 N–H and O–H groups in total. The molecule has 0 bridgehead atoms. The molecule has 1 aromatic rings. The summed E-state index contributed by atoms with van der Waals surface area (Å²) in [5.74, 6) is -2.26. The summed E-state index contributed by atoms with van der Waals surface area (Å²) >= 11 is 0. The van der Waals surface area contributed by atoms with E-state index in [1.165, 1.54) is 13.3 Å². The first kappa shape index (κ1) is 35.9. The lowest BCUT2D eigenvalue weighted by Crippen LogP contribution is -2.60. The van der Waals surface area contributed by atoms with Crippen molar-refractivity contribution in [2.75, 3.05) is 6.54 Å². The molecule has 1 aliphatic rings. The maximum Gasteiger partial charge on any atom is 0.245 e. The van der Waals surface area contributed by atoms with Crippen molar-refractivity contribution in [1.82, 2.24) is 31.2 Å². The maximum atomic E-state index is 13.6. The molecule has 1 fully saturated rings. The van der Waals surface area contributed by atoms with E-state index in [9.17, 15) is 29.1 Å². The van der Waals surface area contributed by atoms with E-state index in [4.69, 9.17) is 5.73 Å². The number of carbonyl (C=O) groups is 5. The van der Waals surface area contributed by atoms with Gasteiger partial charge in [-0.2, -0.15) is 0 Å². The number of rotatable bonds is 19. The van der Waals surface area contributed by atoms with Crippen LogP contribution in [0.3, 0.4) is 0 Å². The molecular weight excluding hydrogens is 554 g/mol. The molecule has 5 atom stereocenters. The first-order valence-electron chi connectivity index (χ1n) is 15.6. The first-order valence-corrected chi connectivity index (χ1v) is 15.6. The topological polar surface area (TPSA) is 208 Å². The number of amides is 4. The third-order valence-corrected chi connectivity index (χ3v) is 7.85. The van der Waals surface area contributed by atoms with Crippen LogP contribution in [0.1, 0.15) is 90.7 Å². The predicted molar refractivity (Wildman–Crippen MR) is 161 cm³/mol. The van der Waals surface area contributed by atoms with Gasteiger partial charge < -0.3 is 41.9 Å². The quantitative estimate of drug-likeness (QED) is 0.0876. The number of aliphatic hydroxyl groups excluding tert-OH is 1. The second kappa shape index (κ2) is 19.1. The van der Waals surface area contributed by atoms with Crippen LogP contribution in [-0.2, 0) is 30.4 Å². The van der Waals surface area contributed by atoms with Gasteiger partial charge in [-0.3, -0.25) is 19.2 Å². The molecule has 13 heteroatoms. The molecule has 0 radical (unpaired) electrons. The Labute approximate surface area is 254 Å². The van der Waals surface area contributed by atoms with E-state index in [2.05, 4.69) is 31.2 Å². The number of imidazole rings is 1. The Balaban J connectivity index is 2.11. The number of nitrogens with two attached hydrogens (primary N) is 1. The summed E-state index contributed by atoms with van der Waals surface area (Å²) in [4.78, 5) is 71.2. The smallest absolute Gasteiger partial charge is 0.245 e.